The first-order valence-corrected chi connectivity index (χ1v) is 12.3. The average Bonchev–Trinajstić information content (AvgIpc) is 3.46. The van der Waals surface area contributed by atoms with Crippen LogP contribution in [0.1, 0.15) is 29.4 Å². The molecule has 5 rings (SSSR count). The molecule has 0 saturated heterocycles. The van der Waals surface area contributed by atoms with Crippen molar-refractivity contribution in [2.24, 2.45) is 0 Å². The van der Waals surface area contributed by atoms with E-state index in [0.717, 1.165) is 31.1 Å². The van der Waals surface area contributed by atoms with Crippen LogP contribution in [0.5, 0.6) is 5.88 Å². The molecule has 14 heteroatoms. The number of sulfonamides is 1. The van der Waals surface area contributed by atoms with Crippen LogP contribution < -0.4 is 9.46 Å². The minimum atomic E-state index is -4.51. The minimum absolute atomic E-state index is 0.223. The Morgan fingerprint density at radius 3 is 2.72 bits per heavy atom. The molecule has 188 valence electrons. The third-order valence-corrected chi connectivity index (χ3v) is 7.32. The Balaban J connectivity index is 1.45. The number of methoxy groups -OCH3 is 1. The number of pyridine rings is 1. The van der Waals surface area contributed by atoms with Gasteiger partial charge >= 0.3 is 0 Å². The Morgan fingerprint density at radius 1 is 1.19 bits per heavy atom. The molecule has 4 heterocycles. The van der Waals surface area contributed by atoms with Crippen molar-refractivity contribution in [1.82, 2.24) is 29.7 Å². The van der Waals surface area contributed by atoms with E-state index in [9.17, 15) is 17.2 Å². The number of benzene rings is 1. The zero-order valence-electron chi connectivity index (χ0n) is 19.1. The fourth-order valence-corrected chi connectivity index (χ4v) is 5.52. The minimum Gasteiger partial charge on any atom is -0.480 e. The van der Waals surface area contributed by atoms with Crippen molar-refractivity contribution in [3.63, 3.8) is 0 Å². The predicted molar refractivity (Wildman–Crippen MR) is 121 cm³/mol. The zero-order chi connectivity index (χ0) is 25.6. The van der Waals surface area contributed by atoms with Gasteiger partial charge < -0.3 is 14.3 Å². The molecule has 0 radical (unpaired) electrons. The van der Waals surface area contributed by atoms with Crippen molar-refractivity contribution >= 4 is 15.7 Å². The standard InChI is InChI=1S/C22H20F3N7O3S/c1-11-28-21(30-29-11)20-16-6-3-12(9-32(16)10-27-20)18-14(24)4-5-15(19(18)25)31-36(33,34)17-7-13(23)8-26-22(17)35-2/h4-5,7-8,10,12,31H,3,6,9H2,1-2H3,(H,28,29,30)/t12-/m1/s1. The number of aryl methyl sites for hydroxylation is 1. The van der Waals surface area contributed by atoms with E-state index in [-0.39, 0.29) is 18.0 Å². The third kappa shape index (κ3) is 4.17. The van der Waals surface area contributed by atoms with Gasteiger partial charge in [0.1, 0.15) is 23.2 Å². The molecule has 0 fully saturated rings. The van der Waals surface area contributed by atoms with Gasteiger partial charge in [-0.3, -0.25) is 4.72 Å². The van der Waals surface area contributed by atoms with E-state index < -0.39 is 44.0 Å². The Kier molecular flexibility index (Phi) is 5.90. The van der Waals surface area contributed by atoms with Crippen LogP contribution in [0.3, 0.4) is 0 Å². The molecule has 1 aliphatic rings. The summed E-state index contributed by atoms with van der Waals surface area (Å²) in [7, 11) is -3.34. The number of imidazole rings is 1. The quantitative estimate of drug-likeness (QED) is 0.400. The first-order chi connectivity index (χ1) is 17.2. The lowest BCUT2D eigenvalue weighted by Gasteiger charge is -2.26. The number of nitrogens with zero attached hydrogens (tertiary/aromatic N) is 5. The van der Waals surface area contributed by atoms with Crippen molar-refractivity contribution < 1.29 is 26.3 Å². The van der Waals surface area contributed by atoms with Gasteiger partial charge in [-0.2, -0.15) is 0 Å². The number of aromatic amines is 1. The van der Waals surface area contributed by atoms with Gasteiger partial charge in [-0.15, -0.1) is 10.2 Å². The first-order valence-electron chi connectivity index (χ1n) is 10.8. The molecule has 0 bridgehead atoms. The molecule has 1 atom stereocenters. The Hall–Kier alpha value is -3.94. The molecule has 0 saturated carbocycles. The number of hydrogen-bond acceptors (Lipinski definition) is 7. The summed E-state index contributed by atoms with van der Waals surface area (Å²) in [5, 5.41) is 8.00. The van der Waals surface area contributed by atoms with Crippen LogP contribution in [-0.2, 0) is 23.0 Å². The van der Waals surface area contributed by atoms with Gasteiger partial charge in [0.25, 0.3) is 10.0 Å². The lowest BCUT2D eigenvalue weighted by Crippen LogP contribution is -2.22. The van der Waals surface area contributed by atoms with E-state index in [2.05, 4.69) is 29.9 Å². The van der Waals surface area contributed by atoms with Crippen LogP contribution in [0.25, 0.3) is 11.5 Å². The van der Waals surface area contributed by atoms with Gasteiger partial charge in [-0.05, 0) is 31.9 Å². The third-order valence-electron chi connectivity index (χ3n) is 5.96. The lowest BCUT2D eigenvalue weighted by molar-refractivity contribution is 0.382. The molecule has 1 aliphatic heterocycles. The molecule has 36 heavy (non-hydrogen) atoms. The van der Waals surface area contributed by atoms with Crippen LogP contribution in [0, 0.1) is 24.4 Å². The average molecular weight is 520 g/mol. The van der Waals surface area contributed by atoms with E-state index in [0.29, 0.717) is 36.3 Å². The summed E-state index contributed by atoms with van der Waals surface area (Å²) in [6, 6.07) is 2.66. The number of aromatic nitrogens is 6. The molecule has 0 unspecified atom stereocenters. The summed E-state index contributed by atoms with van der Waals surface area (Å²) in [5.41, 5.74) is 0.739. The number of nitrogens with one attached hydrogen (secondary N) is 2. The van der Waals surface area contributed by atoms with Crippen molar-refractivity contribution in [2.45, 2.75) is 37.1 Å². The highest BCUT2D eigenvalue weighted by molar-refractivity contribution is 7.92. The highest BCUT2D eigenvalue weighted by Gasteiger charge is 2.31. The largest absolute Gasteiger partial charge is 0.480 e. The maximum Gasteiger partial charge on any atom is 0.267 e. The maximum absolute atomic E-state index is 15.5. The molecule has 4 aromatic rings. The maximum atomic E-state index is 15.5. The second-order valence-electron chi connectivity index (χ2n) is 8.28. The van der Waals surface area contributed by atoms with E-state index in [1.807, 2.05) is 0 Å². The summed E-state index contributed by atoms with van der Waals surface area (Å²) in [5.74, 6) is -2.60. The van der Waals surface area contributed by atoms with E-state index in [1.165, 1.54) is 0 Å². The second-order valence-corrected chi connectivity index (χ2v) is 9.93. The summed E-state index contributed by atoms with van der Waals surface area (Å²) in [6.45, 7) is 1.99. The van der Waals surface area contributed by atoms with Gasteiger partial charge in [-0.1, -0.05) is 0 Å². The Morgan fingerprint density at radius 2 is 2.00 bits per heavy atom. The number of fused-ring (bicyclic) bond motifs is 1. The fourth-order valence-electron chi connectivity index (χ4n) is 4.33. The molecular weight excluding hydrogens is 499 g/mol. The second kappa shape index (κ2) is 8.93. The van der Waals surface area contributed by atoms with Gasteiger partial charge in [-0.25, -0.2) is 31.6 Å². The number of hydrogen-bond donors (Lipinski definition) is 2. The van der Waals surface area contributed by atoms with E-state index in [4.69, 9.17) is 4.74 Å². The van der Waals surface area contributed by atoms with Gasteiger partial charge in [0.05, 0.1) is 25.3 Å². The monoisotopic (exact) mass is 519 g/mol. The SMILES string of the molecule is COc1ncc(F)cc1S(=O)(=O)Nc1ccc(F)c([C@@H]2CCc3c(-c4nnc(C)[nH]4)ncn3C2)c1F. The van der Waals surface area contributed by atoms with Crippen LogP contribution >= 0.6 is 0 Å². The summed E-state index contributed by atoms with van der Waals surface area (Å²) < 4.78 is 78.6. The summed E-state index contributed by atoms with van der Waals surface area (Å²) in [4.78, 5) is 10.4. The fraction of sp³-hybridized carbons (Fsp3) is 0.273. The van der Waals surface area contributed by atoms with Gasteiger partial charge in [0.2, 0.25) is 5.88 Å². The van der Waals surface area contributed by atoms with Crippen LogP contribution in [0.15, 0.2) is 35.6 Å². The van der Waals surface area contributed by atoms with Crippen molar-refractivity contribution in [2.75, 3.05) is 11.8 Å². The summed E-state index contributed by atoms with van der Waals surface area (Å²) >= 11 is 0. The molecule has 1 aromatic carbocycles. The molecule has 0 aliphatic carbocycles. The predicted octanol–water partition coefficient (Wildman–Crippen LogP) is 3.33. The van der Waals surface area contributed by atoms with Crippen LogP contribution in [0.4, 0.5) is 18.9 Å². The van der Waals surface area contributed by atoms with Gasteiger partial charge in [0.15, 0.2) is 16.5 Å². The molecule has 2 N–H and O–H groups in total. The molecular formula is C22H20F3N7O3S. The molecule has 10 nitrogen and oxygen atoms in total. The Labute approximate surface area is 203 Å². The molecule has 3 aromatic heterocycles. The van der Waals surface area contributed by atoms with E-state index in [1.54, 1.807) is 17.8 Å². The van der Waals surface area contributed by atoms with E-state index >= 15 is 4.39 Å². The lowest BCUT2D eigenvalue weighted by atomic mass is 9.89. The normalized spacial score (nSPS) is 15.5. The number of H-pyrrole nitrogens is 1. The first kappa shape index (κ1) is 23.8. The van der Waals surface area contributed by atoms with Crippen molar-refractivity contribution in [1.29, 1.82) is 0 Å². The number of rotatable bonds is 6. The van der Waals surface area contributed by atoms with Crippen molar-refractivity contribution in [3.8, 4) is 17.4 Å². The highest BCUT2D eigenvalue weighted by atomic mass is 32.2. The van der Waals surface area contributed by atoms with Crippen LogP contribution in [-0.4, -0.2) is 45.2 Å². The number of ether oxygens (including phenoxy) is 1. The van der Waals surface area contributed by atoms with Crippen LogP contribution in [0.2, 0.25) is 0 Å². The topological polar surface area (TPSA) is 128 Å². The van der Waals surface area contributed by atoms with Gasteiger partial charge in [0, 0.05) is 29.8 Å². The Bertz CT molecular complexity index is 1570. The zero-order valence-corrected chi connectivity index (χ0v) is 19.9. The summed E-state index contributed by atoms with van der Waals surface area (Å²) in [6.07, 6.45) is 3.20. The highest BCUT2D eigenvalue weighted by Crippen LogP contribution is 2.37. The molecule has 0 spiro atoms. The van der Waals surface area contributed by atoms with Crippen molar-refractivity contribution in [3.05, 3.63) is 65.3 Å². The number of anilines is 1. The molecule has 0 amide bonds. The smallest absolute Gasteiger partial charge is 0.267 e. The number of halogens is 3.